The monoisotopic (exact) mass is 262 g/mol. The van der Waals surface area contributed by atoms with E-state index in [9.17, 15) is 14.5 Å². The summed E-state index contributed by atoms with van der Waals surface area (Å²) in [6.07, 6.45) is 0. The van der Waals surface area contributed by atoms with Gasteiger partial charge >= 0.3 is 5.69 Å². The van der Waals surface area contributed by atoms with Crippen molar-refractivity contribution in [3.63, 3.8) is 0 Å². The van der Waals surface area contributed by atoms with E-state index in [2.05, 4.69) is 5.32 Å². The maximum Gasteiger partial charge on any atom is 0.327 e. The fraction of sp³-hybridized carbons (Fsp3) is 0.0769. The van der Waals surface area contributed by atoms with Gasteiger partial charge in [-0.3, -0.25) is 10.1 Å². The van der Waals surface area contributed by atoms with Crippen LogP contribution < -0.4 is 10.1 Å². The van der Waals surface area contributed by atoms with Crippen LogP contribution in [0.3, 0.4) is 0 Å². The maximum atomic E-state index is 13.5. The number of hydrogen-bond acceptors (Lipinski definition) is 4. The van der Waals surface area contributed by atoms with E-state index in [1.807, 2.05) is 0 Å². The summed E-state index contributed by atoms with van der Waals surface area (Å²) < 4.78 is 18.6. The molecule has 0 aliphatic heterocycles. The molecule has 0 unspecified atom stereocenters. The lowest BCUT2D eigenvalue weighted by Crippen LogP contribution is -2.00. The predicted octanol–water partition coefficient (Wildman–Crippen LogP) is 3.49. The molecule has 0 aromatic heterocycles. The number of para-hydroxylation sites is 3. The molecule has 0 radical (unpaired) electrons. The van der Waals surface area contributed by atoms with E-state index in [1.54, 1.807) is 24.3 Å². The number of ether oxygens (including phenoxy) is 1. The van der Waals surface area contributed by atoms with Gasteiger partial charge in [0.1, 0.15) is 11.4 Å². The van der Waals surface area contributed by atoms with Crippen LogP contribution in [-0.4, -0.2) is 12.0 Å². The van der Waals surface area contributed by atoms with E-state index in [4.69, 9.17) is 4.74 Å². The second-order valence-corrected chi connectivity index (χ2v) is 3.72. The fourth-order valence-electron chi connectivity index (χ4n) is 1.69. The third-order valence-electron chi connectivity index (χ3n) is 2.55. The van der Waals surface area contributed by atoms with Gasteiger partial charge in [0.05, 0.1) is 17.7 Å². The first kappa shape index (κ1) is 12.8. The lowest BCUT2D eigenvalue weighted by atomic mass is 10.2. The van der Waals surface area contributed by atoms with E-state index in [-0.39, 0.29) is 5.69 Å². The molecule has 6 heteroatoms. The van der Waals surface area contributed by atoms with Crippen LogP contribution in [0.4, 0.5) is 21.5 Å². The molecule has 2 aromatic carbocycles. The van der Waals surface area contributed by atoms with Crippen molar-refractivity contribution >= 4 is 17.1 Å². The van der Waals surface area contributed by atoms with Crippen LogP contribution in [0.5, 0.6) is 5.75 Å². The molecule has 19 heavy (non-hydrogen) atoms. The number of nitrogens with zero attached hydrogens (tertiary/aromatic N) is 1. The Kier molecular flexibility index (Phi) is 3.61. The SMILES string of the molecule is COc1ccccc1Nc1cccc(F)c1[N+](=O)[O-]. The normalized spacial score (nSPS) is 10.0. The van der Waals surface area contributed by atoms with Crippen LogP contribution in [0.2, 0.25) is 0 Å². The molecule has 0 spiro atoms. The Morgan fingerprint density at radius 3 is 2.53 bits per heavy atom. The van der Waals surface area contributed by atoms with Crippen LogP contribution in [0.15, 0.2) is 42.5 Å². The summed E-state index contributed by atoms with van der Waals surface area (Å²) in [7, 11) is 1.49. The lowest BCUT2D eigenvalue weighted by Gasteiger charge is -2.11. The number of halogens is 1. The van der Waals surface area contributed by atoms with Gasteiger partial charge in [0, 0.05) is 0 Å². The highest BCUT2D eigenvalue weighted by Crippen LogP contribution is 2.33. The number of hydrogen-bond donors (Lipinski definition) is 1. The molecular formula is C13H11FN2O3. The first-order valence-corrected chi connectivity index (χ1v) is 5.46. The van der Waals surface area contributed by atoms with E-state index >= 15 is 0 Å². The van der Waals surface area contributed by atoms with E-state index in [1.165, 1.54) is 19.2 Å². The predicted molar refractivity (Wildman–Crippen MR) is 69.3 cm³/mol. The van der Waals surface area contributed by atoms with Crippen LogP contribution in [-0.2, 0) is 0 Å². The highest BCUT2D eigenvalue weighted by Gasteiger charge is 2.20. The number of nitro groups is 1. The average Bonchev–Trinajstić information content (AvgIpc) is 2.39. The van der Waals surface area contributed by atoms with Crippen LogP contribution in [0.1, 0.15) is 0 Å². The Morgan fingerprint density at radius 2 is 1.84 bits per heavy atom. The molecule has 0 saturated carbocycles. The summed E-state index contributed by atoms with van der Waals surface area (Å²) in [5.74, 6) is -0.369. The number of nitro benzene ring substituents is 1. The van der Waals surface area contributed by atoms with Crippen molar-refractivity contribution in [3.8, 4) is 5.75 Å². The number of anilines is 2. The lowest BCUT2D eigenvalue weighted by molar-refractivity contribution is -0.386. The van der Waals surface area contributed by atoms with Crippen LogP contribution >= 0.6 is 0 Å². The zero-order chi connectivity index (χ0) is 13.8. The molecule has 0 heterocycles. The van der Waals surface area contributed by atoms with Crippen LogP contribution in [0, 0.1) is 15.9 Å². The largest absolute Gasteiger partial charge is 0.495 e. The number of rotatable bonds is 4. The molecule has 0 fully saturated rings. The van der Waals surface area contributed by atoms with Crippen molar-refractivity contribution in [2.75, 3.05) is 12.4 Å². The Bertz CT molecular complexity index is 617. The topological polar surface area (TPSA) is 64.4 Å². The minimum atomic E-state index is -0.884. The molecule has 1 N–H and O–H groups in total. The zero-order valence-corrected chi connectivity index (χ0v) is 10.1. The van der Waals surface area contributed by atoms with E-state index < -0.39 is 16.4 Å². The molecule has 0 amide bonds. The van der Waals surface area contributed by atoms with Gasteiger partial charge in [0.15, 0.2) is 0 Å². The molecule has 5 nitrogen and oxygen atoms in total. The molecular weight excluding hydrogens is 251 g/mol. The molecule has 0 aliphatic rings. The first-order chi connectivity index (χ1) is 9.13. The fourth-order valence-corrected chi connectivity index (χ4v) is 1.69. The Morgan fingerprint density at radius 1 is 1.16 bits per heavy atom. The van der Waals surface area contributed by atoms with Gasteiger partial charge in [0.25, 0.3) is 0 Å². The van der Waals surface area contributed by atoms with E-state index in [0.29, 0.717) is 11.4 Å². The van der Waals surface area contributed by atoms with Crippen molar-refractivity contribution in [2.24, 2.45) is 0 Å². The Labute approximate surface area is 108 Å². The van der Waals surface area contributed by atoms with Crippen molar-refractivity contribution in [1.82, 2.24) is 0 Å². The van der Waals surface area contributed by atoms with Gasteiger partial charge in [-0.2, -0.15) is 4.39 Å². The summed E-state index contributed by atoms with van der Waals surface area (Å²) >= 11 is 0. The Hall–Kier alpha value is -2.63. The van der Waals surface area contributed by atoms with Crippen molar-refractivity contribution in [2.45, 2.75) is 0 Å². The number of benzene rings is 2. The number of nitrogens with one attached hydrogen (secondary N) is 1. The molecule has 98 valence electrons. The van der Waals surface area contributed by atoms with Gasteiger partial charge < -0.3 is 10.1 Å². The smallest absolute Gasteiger partial charge is 0.327 e. The third kappa shape index (κ3) is 2.62. The zero-order valence-electron chi connectivity index (χ0n) is 10.1. The molecule has 0 atom stereocenters. The summed E-state index contributed by atoms with van der Waals surface area (Å²) in [5, 5.41) is 13.7. The Balaban J connectivity index is 2.44. The summed E-state index contributed by atoms with van der Waals surface area (Å²) in [5.41, 5.74) is 0.0154. The summed E-state index contributed by atoms with van der Waals surface area (Å²) in [6.45, 7) is 0. The average molecular weight is 262 g/mol. The number of methoxy groups -OCH3 is 1. The quantitative estimate of drug-likeness (QED) is 0.676. The summed E-state index contributed by atoms with van der Waals surface area (Å²) in [6, 6.07) is 10.8. The standard InChI is InChI=1S/C13H11FN2O3/c1-19-12-8-3-2-6-10(12)15-11-7-4-5-9(14)13(11)16(17)18/h2-8,15H,1H3. The van der Waals surface area contributed by atoms with Crippen molar-refractivity contribution in [1.29, 1.82) is 0 Å². The van der Waals surface area contributed by atoms with Gasteiger partial charge in [-0.15, -0.1) is 0 Å². The van der Waals surface area contributed by atoms with Gasteiger partial charge in [-0.1, -0.05) is 18.2 Å². The highest BCUT2D eigenvalue weighted by atomic mass is 19.1. The highest BCUT2D eigenvalue weighted by molar-refractivity contribution is 5.73. The van der Waals surface area contributed by atoms with Crippen molar-refractivity contribution in [3.05, 3.63) is 58.4 Å². The minimum absolute atomic E-state index is 0.0782. The van der Waals surface area contributed by atoms with E-state index in [0.717, 1.165) is 6.07 Å². The second kappa shape index (κ2) is 5.34. The molecule has 0 saturated heterocycles. The third-order valence-corrected chi connectivity index (χ3v) is 2.55. The first-order valence-electron chi connectivity index (χ1n) is 5.46. The summed E-state index contributed by atoms with van der Waals surface area (Å²) in [4.78, 5) is 10.1. The molecule has 0 aliphatic carbocycles. The molecule has 0 bridgehead atoms. The van der Waals surface area contributed by atoms with Crippen LogP contribution in [0.25, 0.3) is 0 Å². The maximum absolute atomic E-state index is 13.5. The minimum Gasteiger partial charge on any atom is -0.495 e. The molecule has 2 aromatic rings. The van der Waals surface area contributed by atoms with Gasteiger partial charge in [0.2, 0.25) is 5.82 Å². The van der Waals surface area contributed by atoms with Gasteiger partial charge in [-0.05, 0) is 24.3 Å². The van der Waals surface area contributed by atoms with Gasteiger partial charge in [-0.25, -0.2) is 0 Å². The second-order valence-electron chi connectivity index (χ2n) is 3.72. The van der Waals surface area contributed by atoms with Crippen molar-refractivity contribution < 1.29 is 14.1 Å². The molecule has 2 rings (SSSR count).